The van der Waals surface area contributed by atoms with Crippen LogP contribution in [0.1, 0.15) is 5.56 Å². The molecule has 0 bridgehead atoms. The summed E-state index contributed by atoms with van der Waals surface area (Å²) in [4.78, 5) is 17.4. The summed E-state index contributed by atoms with van der Waals surface area (Å²) in [6.07, 6.45) is 8.52. The minimum Gasteiger partial charge on any atom is -0.337 e. The molecule has 5 heteroatoms. The Hall–Kier alpha value is -8.25. The summed E-state index contributed by atoms with van der Waals surface area (Å²) in [5, 5.41) is 7.57. The molecular formula is C60H40N4S. The first-order valence-corrected chi connectivity index (χ1v) is 22.7. The fourth-order valence-corrected chi connectivity index (χ4v) is 10.5. The summed E-state index contributed by atoms with van der Waals surface area (Å²) >= 11 is 1.87. The number of hydrogen-bond donors (Lipinski definition) is 0. The third-order valence-electron chi connectivity index (χ3n) is 12.5. The van der Waals surface area contributed by atoms with E-state index in [1.54, 1.807) is 0 Å². The number of rotatable bonds is 6. The Morgan fingerprint density at radius 1 is 0.415 bits per heavy atom. The molecule has 0 saturated heterocycles. The molecule has 3 heterocycles. The number of anilines is 2. The molecule has 11 aromatic rings. The van der Waals surface area contributed by atoms with Gasteiger partial charge in [0.25, 0.3) is 0 Å². The van der Waals surface area contributed by atoms with Crippen LogP contribution in [-0.2, 0) is 0 Å². The number of thiophene rings is 1. The van der Waals surface area contributed by atoms with E-state index in [-0.39, 0.29) is 0 Å². The third kappa shape index (κ3) is 6.90. The smallest absolute Gasteiger partial charge is 0.164 e. The van der Waals surface area contributed by atoms with Gasteiger partial charge in [-0.15, -0.1) is 11.3 Å². The lowest BCUT2D eigenvalue weighted by molar-refractivity contribution is 1.07. The lowest BCUT2D eigenvalue weighted by Crippen LogP contribution is -2.18. The van der Waals surface area contributed by atoms with Crippen molar-refractivity contribution in [2.45, 2.75) is 0 Å². The first-order chi connectivity index (χ1) is 32.1. The van der Waals surface area contributed by atoms with E-state index in [2.05, 4.69) is 169 Å². The van der Waals surface area contributed by atoms with Gasteiger partial charge < -0.3 is 4.90 Å². The molecule has 0 N–H and O–H groups in total. The predicted octanol–water partition coefficient (Wildman–Crippen LogP) is 16.2. The van der Waals surface area contributed by atoms with Crippen molar-refractivity contribution >= 4 is 70.0 Å². The van der Waals surface area contributed by atoms with Gasteiger partial charge in [0.2, 0.25) is 0 Å². The quantitative estimate of drug-likeness (QED) is 0.156. The van der Waals surface area contributed by atoms with Crippen molar-refractivity contribution in [2.75, 3.05) is 11.4 Å². The first-order valence-electron chi connectivity index (χ1n) is 21.9. The average Bonchev–Trinajstić information content (AvgIpc) is 3.77. The maximum atomic E-state index is 5.06. The number of hydrogen-bond acceptors (Lipinski definition) is 5. The molecule has 2 aromatic heterocycles. The molecule has 0 atom stereocenters. The van der Waals surface area contributed by atoms with E-state index in [0.717, 1.165) is 44.8 Å². The van der Waals surface area contributed by atoms with Crippen LogP contribution < -0.4 is 4.90 Å². The topological polar surface area (TPSA) is 41.9 Å². The average molecular weight is 849 g/mol. The van der Waals surface area contributed by atoms with E-state index in [1.165, 1.54) is 58.4 Å². The van der Waals surface area contributed by atoms with Gasteiger partial charge >= 0.3 is 0 Å². The Labute approximate surface area is 381 Å². The number of benzene rings is 9. The highest BCUT2D eigenvalue weighted by atomic mass is 32.1. The van der Waals surface area contributed by atoms with Gasteiger partial charge in [-0.05, 0) is 91.8 Å². The lowest BCUT2D eigenvalue weighted by Gasteiger charge is -2.28. The number of allylic oxidation sites excluding steroid dienone is 4. The fourth-order valence-electron chi connectivity index (χ4n) is 9.39. The van der Waals surface area contributed by atoms with E-state index >= 15 is 0 Å². The molecule has 0 amide bonds. The van der Waals surface area contributed by atoms with Gasteiger partial charge in [-0.2, -0.15) is 0 Å². The maximum absolute atomic E-state index is 5.06. The van der Waals surface area contributed by atoms with Crippen molar-refractivity contribution in [3.63, 3.8) is 0 Å². The van der Waals surface area contributed by atoms with Gasteiger partial charge in [-0.3, -0.25) is 0 Å². The molecule has 0 spiro atoms. The maximum Gasteiger partial charge on any atom is 0.164 e. The molecule has 0 aliphatic carbocycles. The summed E-state index contributed by atoms with van der Waals surface area (Å²) in [5.74, 6) is 1.88. The van der Waals surface area contributed by atoms with Gasteiger partial charge in [0.15, 0.2) is 17.5 Å². The van der Waals surface area contributed by atoms with Crippen LogP contribution in [0.15, 0.2) is 225 Å². The van der Waals surface area contributed by atoms with Crippen LogP contribution in [0.3, 0.4) is 0 Å². The van der Waals surface area contributed by atoms with Crippen LogP contribution in [-0.4, -0.2) is 21.5 Å². The van der Waals surface area contributed by atoms with Gasteiger partial charge in [-0.25, -0.2) is 15.0 Å². The molecule has 1 aliphatic heterocycles. The second kappa shape index (κ2) is 16.1. The Morgan fingerprint density at radius 2 is 1.02 bits per heavy atom. The minimum atomic E-state index is 0.616. The van der Waals surface area contributed by atoms with E-state index in [4.69, 9.17) is 15.0 Å². The standard InChI is InChI=1S/C60H40N4S/c1-39-19-6-5-17-34-64(45-27-18-26-44(35-45)60-62-58(41-22-9-3-10-23-41)61-59(63-60)42-24-11-4-12-25-42)53-33-32-43(36-49(39)53)57-48-30-14-13-28-46(48)50-37-51-47-29-15-16-31-54(47)65-55(51)38-52(50)56(57)40-20-7-2-8-21-40/h2-33,35-38H,1,34H2/b17-5-,19-6-. The lowest BCUT2D eigenvalue weighted by atomic mass is 9.83. The van der Waals surface area contributed by atoms with Gasteiger partial charge in [0.1, 0.15) is 0 Å². The van der Waals surface area contributed by atoms with Crippen molar-refractivity contribution in [1.82, 2.24) is 15.0 Å². The number of fused-ring (bicyclic) bond motifs is 7. The monoisotopic (exact) mass is 848 g/mol. The molecule has 0 radical (unpaired) electrons. The Kier molecular flexibility index (Phi) is 9.54. The SMILES string of the molecule is C=C1/C=C\C=C/CN(c2cccc(-c3nc(-c4ccccc4)nc(-c4ccccc4)n3)c2)c2ccc(-c3c(-c4ccccc4)c4cc5sc6ccccc6c5cc4c4ccccc34)cc21. The van der Waals surface area contributed by atoms with E-state index in [1.807, 2.05) is 72.0 Å². The van der Waals surface area contributed by atoms with Crippen LogP contribution in [0.4, 0.5) is 11.4 Å². The highest BCUT2D eigenvalue weighted by Gasteiger charge is 2.23. The molecule has 65 heavy (non-hydrogen) atoms. The van der Waals surface area contributed by atoms with Crippen molar-refractivity contribution in [3.05, 3.63) is 231 Å². The second-order valence-electron chi connectivity index (χ2n) is 16.4. The Balaban J connectivity index is 1.04. The zero-order valence-corrected chi connectivity index (χ0v) is 36.2. The minimum absolute atomic E-state index is 0.616. The van der Waals surface area contributed by atoms with Crippen LogP contribution in [0.2, 0.25) is 0 Å². The third-order valence-corrected chi connectivity index (χ3v) is 13.6. The van der Waals surface area contributed by atoms with E-state index in [9.17, 15) is 0 Å². The predicted molar refractivity (Wildman–Crippen MR) is 276 cm³/mol. The highest BCUT2D eigenvalue weighted by molar-refractivity contribution is 7.25. The molecule has 0 saturated carbocycles. The van der Waals surface area contributed by atoms with Gasteiger partial charge in [0.05, 0.1) is 0 Å². The number of aromatic nitrogens is 3. The summed E-state index contributed by atoms with van der Waals surface area (Å²) in [6, 6.07) is 69.2. The molecule has 9 aromatic carbocycles. The van der Waals surface area contributed by atoms with E-state index < -0.39 is 0 Å². The first kappa shape index (κ1) is 38.4. The Morgan fingerprint density at radius 3 is 1.74 bits per heavy atom. The molecule has 4 nitrogen and oxygen atoms in total. The molecule has 0 unspecified atom stereocenters. The molecule has 12 rings (SSSR count). The van der Waals surface area contributed by atoms with Crippen molar-refractivity contribution < 1.29 is 0 Å². The van der Waals surface area contributed by atoms with Crippen LogP contribution in [0.25, 0.3) is 104 Å². The zero-order chi connectivity index (χ0) is 43.3. The van der Waals surface area contributed by atoms with Crippen LogP contribution in [0.5, 0.6) is 0 Å². The molecule has 306 valence electrons. The molecular weight excluding hydrogens is 809 g/mol. The molecule has 0 fully saturated rings. The Bertz CT molecular complexity index is 3640. The summed E-state index contributed by atoms with van der Waals surface area (Å²) < 4.78 is 2.60. The van der Waals surface area contributed by atoms with Crippen molar-refractivity contribution in [1.29, 1.82) is 0 Å². The van der Waals surface area contributed by atoms with Crippen molar-refractivity contribution in [3.8, 4) is 56.4 Å². The zero-order valence-electron chi connectivity index (χ0n) is 35.4. The number of nitrogens with zero attached hydrogens (tertiary/aromatic N) is 4. The van der Waals surface area contributed by atoms with Crippen molar-refractivity contribution in [2.24, 2.45) is 0 Å². The second-order valence-corrected chi connectivity index (χ2v) is 17.5. The molecule has 1 aliphatic rings. The summed E-state index contributed by atoms with van der Waals surface area (Å²) in [6.45, 7) is 5.33. The summed E-state index contributed by atoms with van der Waals surface area (Å²) in [7, 11) is 0. The van der Waals surface area contributed by atoms with E-state index in [0.29, 0.717) is 24.0 Å². The fraction of sp³-hybridized carbons (Fsp3) is 0.0167. The van der Waals surface area contributed by atoms with Gasteiger partial charge in [-0.1, -0.05) is 183 Å². The van der Waals surface area contributed by atoms with Crippen LogP contribution in [0, 0.1) is 0 Å². The normalized spacial score (nSPS) is 13.7. The van der Waals surface area contributed by atoms with Crippen LogP contribution >= 0.6 is 11.3 Å². The highest BCUT2D eigenvalue weighted by Crippen LogP contribution is 2.49. The summed E-state index contributed by atoms with van der Waals surface area (Å²) in [5.41, 5.74) is 11.6. The largest absolute Gasteiger partial charge is 0.337 e. The van der Waals surface area contributed by atoms with Gasteiger partial charge in [0, 0.05) is 60.3 Å².